The normalized spacial score (nSPS) is 12.5. The summed E-state index contributed by atoms with van der Waals surface area (Å²) in [6.07, 6.45) is 0.608. The summed E-state index contributed by atoms with van der Waals surface area (Å²) in [5.41, 5.74) is 1.03. The molecular formula is C9H12BO2. The Morgan fingerprint density at radius 1 is 1.33 bits per heavy atom. The number of aromatic hydroxyl groups is 1. The zero-order valence-corrected chi connectivity index (χ0v) is 7.07. The highest BCUT2D eigenvalue weighted by Crippen LogP contribution is 2.10. The van der Waals surface area contributed by atoms with E-state index in [9.17, 15) is 5.11 Å². The first kappa shape index (κ1) is 9.14. The lowest BCUT2D eigenvalue weighted by Gasteiger charge is -2.06. The molecule has 1 atom stereocenters. The summed E-state index contributed by atoms with van der Waals surface area (Å²) in [5, 5.41) is 18.2. The van der Waals surface area contributed by atoms with Gasteiger partial charge in [-0.2, -0.15) is 0 Å². The van der Waals surface area contributed by atoms with Crippen molar-refractivity contribution in [1.82, 2.24) is 0 Å². The van der Waals surface area contributed by atoms with Gasteiger partial charge >= 0.3 is 0 Å². The Balaban J connectivity index is 2.58. The molecule has 63 valence electrons. The molecule has 0 amide bonds. The smallest absolute Gasteiger partial charge is 0.146 e. The van der Waals surface area contributed by atoms with Gasteiger partial charge in [0, 0.05) is 6.00 Å². The van der Waals surface area contributed by atoms with Crippen molar-refractivity contribution in [3.05, 3.63) is 29.8 Å². The lowest BCUT2D eigenvalue weighted by molar-refractivity contribution is 0.253. The molecule has 0 aromatic heterocycles. The number of aliphatic hydroxyl groups is 1. The Hall–Kier alpha value is -0.955. The van der Waals surface area contributed by atoms with Crippen LogP contribution in [0.3, 0.4) is 0 Å². The first-order valence-electron chi connectivity index (χ1n) is 3.98. The van der Waals surface area contributed by atoms with E-state index in [1.807, 2.05) is 19.0 Å². The predicted octanol–water partition coefficient (Wildman–Crippen LogP) is 1.01. The van der Waals surface area contributed by atoms with Crippen LogP contribution < -0.4 is 0 Å². The molecule has 1 radical (unpaired) electrons. The molecule has 0 saturated carbocycles. The minimum Gasteiger partial charge on any atom is -0.508 e. The van der Waals surface area contributed by atoms with Crippen molar-refractivity contribution in [1.29, 1.82) is 0 Å². The lowest BCUT2D eigenvalue weighted by Crippen LogP contribution is -2.15. The Bertz CT molecular complexity index is 233. The molecule has 0 bridgehead atoms. The van der Waals surface area contributed by atoms with Crippen LogP contribution >= 0.6 is 0 Å². The summed E-state index contributed by atoms with van der Waals surface area (Å²) >= 11 is 0. The van der Waals surface area contributed by atoms with E-state index in [1.54, 1.807) is 19.4 Å². The Morgan fingerprint density at radius 3 is 2.42 bits per heavy atom. The largest absolute Gasteiger partial charge is 0.508 e. The van der Waals surface area contributed by atoms with Crippen molar-refractivity contribution in [2.45, 2.75) is 19.2 Å². The van der Waals surface area contributed by atoms with Gasteiger partial charge in [0.05, 0.1) is 0 Å². The summed E-state index contributed by atoms with van der Waals surface area (Å²) in [6.45, 7) is 1.82. The Labute approximate surface area is 73.1 Å². The first-order chi connectivity index (χ1) is 5.72. The summed E-state index contributed by atoms with van der Waals surface area (Å²) in [4.78, 5) is 0. The number of rotatable bonds is 3. The van der Waals surface area contributed by atoms with Crippen molar-refractivity contribution >= 4 is 7.28 Å². The van der Waals surface area contributed by atoms with Crippen LogP contribution in [0.25, 0.3) is 0 Å². The van der Waals surface area contributed by atoms with Gasteiger partial charge in [-0.3, -0.25) is 0 Å². The number of phenols is 1. The first-order valence-corrected chi connectivity index (χ1v) is 3.98. The standard InChI is InChI=1S/C9H12BO2/c1-10-9(12)6-7-2-4-8(11)5-3-7/h2-5,9,11-12H,6H2,1H3/t9-/m0/s1. The lowest BCUT2D eigenvalue weighted by atomic mass is 9.72. The minimum atomic E-state index is -0.394. The van der Waals surface area contributed by atoms with Crippen molar-refractivity contribution in [3.8, 4) is 5.75 Å². The summed E-state index contributed by atoms with van der Waals surface area (Å²) in [6, 6.07) is 6.47. The maximum atomic E-state index is 9.26. The third kappa shape index (κ3) is 2.59. The topological polar surface area (TPSA) is 40.5 Å². The number of benzene rings is 1. The molecule has 0 unspecified atom stereocenters. The summed E-state index contributed by atoms with van der Waals surface area (Å²) < 4.78 is 0. The molecule has 0 heterocycles. The molecule has 1 aromatic rings. The quantitative estimate of drug-likeness (QED) is 0.652. The van der Waals surface area contributed by atoms with Gasteiger partial charge < -0.3 is 10.2 Å². The zero-order valence-electron chi connectivity index (χ0n) is 7.07. The third-order valence-electron chi connectivity index (χ3n) is 1.77. The van der Waals surface area contributed by atoms with Gasteiger partial charge in [-0.15, -0.1) is 0 Å². The molecule has 2 nitrogen and oxygen atoms in total. The SMILES string of the molecule is C[B][C@@H](O)Cc1ccc(O)cc1. The van der Waals surface area contributed by atoms with Crippen LogP contribution in [-0.2, 0) is 6.42 Å². The van der Waals surface area contributed by atoms with E-state index in [2.05, 4.69) is 0 Å². The van der Waals surface area contributed by atoms with Crippen LogP contribution in [-0.4, -0.2) is 23.5 Å². The van der Waals surface area contributed by atoms with Gasteiger partial charge in [0.2, 0.25) is 0 Å². The highest BCUT2D eigenvalue weighted by molar-refractivity contribution is 6.35. The Kier molecular flexibility index (Phi) is 3.17. The molecular weight excluding hydrogens is 151 g/mol. The zero-order chi connectivity index (χ0) is 8.97. The molecule has 3 heteroatoms. The number of hydrogen-bond donors (Lipinski definition) is 2. The minimum absolute atomic E-state index is 0.258. The molecule has 0 saturated heterocycles. The van der Waals surface area contributed by atoms with E-state index < -0.39 is 6.00 Å². The average molecular weight is 163 g/mol. The van der Waals surface area contributed by atoms with E-state index in [4.69, 9.17) is 5.11 Å². The second kappa shape index (κ2) is 4.17. The molecule has 0 aliphatic carbocycles. The van der Waals surface area contributed by atoms with Crippen LogP contribution in [0.2, 0.25) is 6.82 Å². The van der Waals surface area contributed by atoms with Crippen molar-refractivity contribution in [2.24, 2.45) is 0 Å². The molecule has 0 aliphatic heterocycles. The molecule has 0 fully saturated rings. The highest BCUT2D eigenvalue weighted by Gasteiger charge is 2.02. The molecule has 12 heavy (non-hydrogen) atoms. The summed E-state index contributed by atoms with van der Waals surface area (Å²) in [7, 11) is 1.74. The molecule has 0 aliphatic rings. The van der Waals surface area contributed by atoms with Crippen LogP contribution in [0.15, 0.2) is 24.3 Å². The molecule has 1 rings (SSSR count). The predicted molar refractivity (Wildman–Crippen MR) is 49.4 cm³/mol. The van der Waals surface area contributed by atoms with Gasteiger partial charge in [-0.1, -0.05) is 19.0 Å². The van der Waals surface area contributed by atoms with Gasteiger partial charge in [-0.05, 0) is 24.1 Å². The Morgan fingerprint density at radius 2 is 1.92 bits per heavy atom. The van der Waals surface area contributed by atoms with Crippen molar-refractivity contribution < 1.29 is 10.2 Å². The average Bonchev–Trinajstić information content (AvgIpc) is 2.09. The van der Waals surface area contributed by atoms with Crippen LogP contribution in [0.4, 0.5) is 0 Å². The monoisotopic (exact) mass is 163 g/mol. The highest BCUT2D eigenvalue weighted by atomic mass is 16.3. The van der Waals surface area contributed by atoms with E-state index in [0.717, 1.165) is 5.56 Å². The van der Waals surface area contributed by atoms with Crippen LogP contribution in [0, 0.1) is 0 Å². The van der Waals surface area contributed by atoms with Gasteiger partial charge in [0.1, 0.15) is 13.0 Å². The van der Waals surface area contributed by atoms with Crippen molar-refractivity contribution in [3.63, 3.8) is 0 Å². The fourth-order valence-electron chi connectivity index (χ4n) is 0.991. The molecule has 1 aromatic carbocycles. The second-order valence-electron chi connectivity index (χ2n) is 2.77. The number of aliphatic hydroxyl groups excluding tert-OH is 1. The van der Waals surface area contributed by atoms with Crippen LogP contribution in [0.5, 0.6) is 5.75 Å². The number of hydrogen-bond acceptors (Lipinski definition) is 2. The van der Waals surface area contributed by atoms with E-state index in [-0.39, 0.29) is 5.75 Å². The third-order valence-corrected chi connectivity index (χ3v) is 1.77. The maximum Gasteiger partial charge on any atom is 0.146 e. The van der Waals surface area contributed by atoms with Gasteiger partial charge in [0.15, 0.2) is 0 Å². The fourth-order valence-corrected chi connectivity index (χ4v) is 0.991. The summed E-state index contributed by atoms with van der Waals surface area (Å²) in [5.74, 6) is 0.258. The fraction of sp³-hybridized carbons (Fsp3) is 0.333. The van der Waals surface area contributed by atoms with Gasteiger partial charge in [-0.25, -0.2) is 0 Å². The van der Waals surface area contributed by atoms with Gasteiger partial charge in [0.25, 0.3) is 0 Å². The van der Waals surface area contributed by atoms with E-state index in [0.29, 0.717) is 6.42 Å². The van der Waals surface area contributed by atoms with Crippen molar-refractivity contribution in [2.75, 3.05) is 0 Å². The second-order valence-corrected chi connectivity index (χ2v) is 2.77. The molecule has 0 spiro atoms. The number of phenolic OH excluding ortho intramolecular Hbond substituents is 1. The maximum absolute atomic E-state index is 9.26. The van der Waals surface area contributed by atoms with E-state index in [1.165, 1.54) is 0 Å². The molecule has 2 N–H and O–H groups in total. The van der Waals surface area contributed by atoms with Crippen LogP contribution in [0.1, 0.15) is 5.56 Å². The van der Waals surface area contributed by atoms with E-state index >= 15 is 0 Å².